The van der Waals surface area contributed by atoms with Crippen molar-refractivity contribution in [3.63, 3.8) is 0 Å². The molecular formula is C56H70. The average Bonchev–Trinajstić information content (AvgIpc) is 3.63. The van der Waals surface area contributed by atoms with Gasteiger partial charge in [-0.3, -0.25) is 0 Å². The maximum absolute atomic E-state index is 2.71. The van der Waals surface area contributed by atoms with Crippen LogP contribution in [-0.4, -0.2) is 0 Å². The first kappa shape index (κ1) is 40.3. The van der Waals surface area contributed by atoms with E-state index in [1.165, 1.54) is 146 Å². The maximum Gasteiger partial charge on any atom is 0.0713 e. The van der Waals surface area contributed by atoms with Gasteiger partial charge in [-0.15, -0.1) is 0 Å². The summed E-state index contributed by atoms with van der Waals surface area (Å²) in [7, 11) is 0. The molecule has 0 saturated heterocycles. The van der Waals surface area contributed by atoms with E-state index in [0.717, 1.165) is 0 Å². The van der Waals surface area contributed by atoms with E-state index in [-0.39, 0.29) is 16.2 Å². The maximum atomic E-state index is 2.71. The topological polar surface area (TPSA) is 0 Å². The van der Waals surface area contributed by atoms with Crippen molar-refractivity contribution >= 4 is 0 Å². The average molecular weight is 743 g/mol. The van der Waals surface area contributed by atoms with Crippen molar-refractivity contribution in [3.05, 3.63) is 154 Å². The summed E-state index contributed by atoms with van der Waals surface area (Å²) in [6, 6.07) is 43.8. The molecule has 0 nitrogen and oxygen atoms in total. The molecule has 0 aromatic heterocycles. The summed E-state index contributed by atoms with van der Waals surface area (Å²) in [4.78, 5) is 0. The summed E-state index contributed by atoms with van der Waals surface area (Å²) in [6.45, 7) is 18.6. The van der Waals surface area contributed by atoms with Crippen LogP contribution in [0.1, 0.15) is 190 Å². The lowest BCUT2D eigenvalue weighted by molar-refractivity contribution is 0.398. The number of unbranched alkanes of at least 4 members (excludes halogenated alkanes) is 10. The van der Waals surface area contributed by atoms with Crippen LogP contribution in [0.15, 0.2) is 109 Å². The van der Waals surface area contributed by atoms with Gasteiger partial charge in [0.1, 0.15) is 0 Å². The van der Waals surface area contributed by atoms with Gasteiger partial charge in [-0.2, -0.15) is 0 Å². The van der Waals surface area contributed by atoms with Crippen molar-refractivity contribution in [3.8, 4) is 22.3 Å². The second kappa shape index (κ2) is 16.5. The fraction of sp³-hybridized carbons (Fsp3) is 0.464. The van der Waals surface area contributed by atoms with Crippen LogP contribution in [0, 0.1) is 0 Å². The summed E-state index contributed by atoms with van der Waals surface area (Å²) in [5.74, 6) is 0. The highest BCUT2D eigenvalue weighted by molar-refractivity contribution is 5.92. The molecule has 0 spiro atoms. The molecule has 0 heteroatoms. The smallest absolute Gasteiger partial charge is 0.0654 e. The molecule has 0 heterocycles. The fourth-order valence-corrected chi connectivity index (χ4v) is 10.5. The van der Waals surface area contributed by atoms with Gasteiger partial charge in [0.2, 0.25) is 0 Å². The Balaban J connectivity index is 1.44. The van der Waals surface area contributed by atoms with E-state index in [9.17, 15) is 0 Å². The lowest BCUT2D eigenvalue weighted by Crippen LogP contribution is -2.29. The number of rotatable bonds is 16. The van der Waals surface area contributed by atoms with E-state index >= 15 is 0 Å². The molecule has 2 aliphatic rings. The summed E-state index contributed by atoms with van der Waals surface area (Å²) in [6.07, 6.45) is 18.5. The van der Waals surface area contributed by atoms with Crippen molar-refractivity contribution < 1.29 is 0 Å². The van der Waals surface area contributed by atoms with Crippen molar-refractivity contribution in [1.29, 1.82) is 0 Å². The zero-order chi connectivity index (χ0) is 39.6. The molecule has 0 radical (unpaired) electrons. The lowest BCUT2D eigenvalue weighted by atomic mass is 9.66. The van der Waals surface area contributed by atoms with Gasteiger partial charge >= 0.3 is 0 Å². The highest BCUT2D eigenvalue weighted by Gasteiger charge is 2.50. The van der Waals surface area contributed by atoms with Crippen LogP contribution in [0.2, 0.25) is 0 Å². The Morgan fingerprint density at radius 2 is 0.768 bits per heavy atom. The van der Waals surface area contributed by atoms with Gasteiger partial charge in [0.05, 0.1) is 5.41 Å². The zero-order valence-corrected chi connectivity index (χ0v) is 36.3. The largest absolute Gasteiger partial charge is 0.0713 e. The van der Waals surface area contributed by atoms with Gasteiger partial charge in [-0.05, 0) is 103 Å². The van der Waals surface area contributed by atoms with Crippen molar-refractivity contribution in [2.75, 3.05) is 0 Å². The first-order chi connectivity index (χ1) is 27.0. The van der Waals surface area contributed by atoms with E-state index in [0.29, 0.717) is 0 Å². The third kappa shape index (κ3) is 7.36. The van der Waals surface area contributed by atoms with Crippen LogP contribution in [0.5, 0.6) is 0 Å². The molecule has 0 saturated carbocycles. The molecule has 0 unspecified atom stereocenters. The van der Waals surface area contributed by atoms with Crippen LogP contribution in [0.4, 0.5) is 0 Å². The third-order valence-corrected chi connectivity index (χ3v) is 13.7. The number of benzene rings is 5. The monoisotopic (exact) mass is 743 g/mol. The first-order valence-electron chi connectivity index (χ1n) is 22.6. The number of hydrogen-bond acceptors (Lipinski definition) is 0. The normalized spacial score (nSPS) is 15.0. The van der Waals surface area contributed by atoms with Gasteiger partial charge in [0, 0.05) is 5.41 Å². The molecule has 7 rings (SSSR count). The molecule has 0 fully saturated rings. The van der Waals surface area contributed by atoms with Crippen LogP contribution >= 0.6 is 0 Å². The quantitative estimate of drug-likeness (QED) is 0.0866. The summed E-state index contributed by atoms with van der Waals surface area (Å²) < 4.78 is 0. The third-order valence-electron chi connectivity index (χ3n) is 13.7. The van der Waals surface area contributed by atoms with E-state index in [4.69, 9.17) is 0 Å². The van der Waals surface area contributed by atoms with Gasteiger partial charge in [-0.25, -0.2) is 0 Å². The summed E-state index contributed by atoms with van der Waals surface area (Å²) in [5, 5.41) is 0. The molecule has 56 heavy (non-hydrogen) atoms. The molecule has 0 N–H and O–H groups in total. The van der Waals surface area contributed by atoms with Crippen molar-refractivity contribution in [2.45, 2.75) is 167 Å². The molecule has 294 valence electrons. The highest BCUT2D eigenvalue weighted by Crippen LogP contribution is 2.62. The predicted molar refractivity (Wildman–Crippen MR) is 243 cm³/mol. The summed E-state index contributed by atoms with van der Waals surface area (Å²) >= 11 is 0. The number of fused-ring (bicyclic) bond motifs is 6. The molecular weight excluding hydrogens is 673 g/mol. The van der Waals surface area contributed by atoms with E-state index in [1.807, 2.05) is 0 Å². The predicted octanol–water partition coefficient (Wildman–Crippen LogP) is 16.4. The zero-order valence-electron chi connectivity index (χ0n) is 36.3. The number of hydrogen-bond donors (Lipinski definition) is 0. The Kier molecular flexibility index (Phi) is 11.9. The van der Waals surface area contributed by atoms with Gasteiger partial charge in [-0.1, -0.05) is 230 Å². The van der Waals surface area contributed by atoms with Crippen LogP contribution in [-0.2, 0) is 21.7 Å². The van der Waals surface area contributed by atoms with Gasteiger partial charge in [0.25, 0.3) is 0 Å². The van der Waals surface area contributed by atoms with Gasteiger partial charge < -0.3 is 0 Å². The van der Waals surface area contributed by atoms with Crippen LogP contribution in [0.3, 0.4) is 0 Å². The van der Waals surface area contributed by atoms with Gasteiger partial charge in [0.15, 0.2) is 0 Å². The Labute approximate surface area is 341 Å². The standard InChI is InChI=1S/C56H70/c1-9-11-13-15-17-23-37-55(38-24-18-16-14-12-10-2)49-27-21-19-25-45(49)47-40-52-48(39-51(47)55)46-26-20-22-28-50(46)56(52,43-33-29-41(30-34-43)53(3,4)5)44-35-31-42(32-36-44)54(6,7)8/h19-22,25-36,39-40H,9-18,23-24,37-38H2,1-8H3. The SMILES string of the molecule is CCCCCCCCC1(CCCCCCCC)c2ccccc2-c2cc3c(cc21)-c1ccccc1C3(c1ccc(C(C)(C)C)cc1)c1ccc(C(C)(C)C)cc1. The lowest BCUT2D eigenvalue weighted by Gasteiger charge is -2.36. The Morgan fingerprint density at radius 3 is 1.25 bits per heavy atom. The minimum atomic E-state index is -0.424. The fourth-order valence-electron chi connectivity index (χ4n) is 10.5. The molecule has 5 aromatic carbocycles. The highest BCUT2D eigenvalue weighted by atomic mass is 14.5. The first-order valence-corrected chi connectivity index (χ1v) is 22.6. The molecule has 0 bridgehead atoms. The molecule has 2 aliphatic carbocycles. The Bertz CT molecular complexity index is 2000. The van der Waals surface area contributed by atoms with E-state index in [2.05, 4.69) is 165 Å². The summed E-state index contributed by atoms with van der Waals surface area (Å²) in [5.41, 5.74) is 17.1. The van der Waals surface area contributed by atoms with Crippen LogP contribution in [0.25, 0.3) is 22.3 Å². The molecule has 0 amide bonds. The Morgan fingerprint density at radius 1 is 0.375 bits per heavy atom. The minimum Gasteiger partial charge on any atom is -0.0654 e. The minimum absolute atomic E-state index is 0.0549. The second-order valence-corrected chi connectivity index (χ2v) is 19.6. The second-order valence-electron chi connectivity index (χ2n) is 19.6. The molecule has 5 aromatic rings. The van der Waals surface area contributed by atoms with Crippen molar-refractivity contribution in [1.82, 2.24) is 0 Å². The van der Waals surface area contributed by atoms with Crippen LogP contribution < -0.4 is 0 Å². The van der Waals surface area contributed by atoms with Crippen molar-refractivity contribution in [2.24, 2.45) is 0 Å². The molecule has 0 aliphatic heterocycles. The molecule has 0 atom stereocenters. The van der Waals surface area contributed by atoms with E-state index < -0.39 is 5.41 Å². The Hall–Kier alpha value is -3.90. The van der Waals surface area contributed by atoms with E-state index in [1.54, 1.807) is 11.1 Å².